The van der Waals surface area contributed by atoms with Crippen LogP contribution in [0.1, 0.15) is 19.9 Å². The van der Waals surface area contributed by atoms with E-state index in [4.69, 9.17) is 10.7 Å². The van der Waals surface area contributed by atoms with Gasteiger partial charge in [-0.2, -0.15) is 10.2 Å². The van der Waals surface area contributed by atoms with Gasteiger partial charge in [-0.3, -0.25) is 4.79 Å². The van der Waals surface area contributed by atoms with Crippen LogP contribution in [0.2, 0.25) is 0 Å². The summed E-state index contributed by atoms with van der Waals surface area (Å²) in [4.78, 5) is 21.5. The zero-order chi connectivity index (χ0) is 19.7. The molecule has 4 aromatic rings. The van der Waals surface area contributed by atoms with Crippen molar-refractivity contribution < 1.29 is 0 Å². The van der Waals surface area contributed by atoms with E-state index < -0.39 is 0 Å². The van der Waals surface area contributed by atoms with Crippen LogP contribution in [-0.4, -0.2) is 29.5 Å². The number of hydrogen-bond acceptors (Lipinski definition) is 6. The molecule has 0 bridgehead atoms. The van der Waals surface area contributed by atoms with Gasteiger partial charge in [-0.25, -0.2) is 19.3 Å². The first kappa shape index (κ1) is 17.6. The molecular formula is C20H19N7O. The highest BCUT2D eigenvalue weighted by atomic mass is 16.1. The normalized spacial score (nSPS) is 11.1. The number of anilines is 1. The Kier molecular flexibility index (Phi) is 4.44. The average Bonchev–Trinajstić information content (AvgIpc) is 3.23. The van der Waals surface area contributed by atoms with Crippen LogP contribution in [0, 0.1) is 0 Å². The first-order valence-electron chi connectivity index (χ1n) is 8.88. The van der Waals surface area contributed by atoms with Crippen molar-refractivity contribution in [3.05, 3.63) is 71.3 Å². The lowest BCUT2D eigenvalue weighted by molar-refractivity contribution is 0.504. The Bertz CT molecular complexity index is 1170. The Morgan fingerprint density at radius 2 is 1.75 bits per heavy atom. The molecule has 2 N–H and O–H groups in total. The predicted molar refractivity (Wildman–Crippen MR) is 107 cm³/mol. The quantitative estimate of drug-likeness (QED) is 0.590. The standard InChI is InChI=1S/C20H19N7O/c1-13(2)27-16(28)10-9-15(25-27)18-17(14-7-4-3-5-8-14)23-19(21)20(24-18)26-12-6-11-22-26/h3-13H,1-2H3,(H2,21,23). The second-order valence-corrected chi connectivity index (χ2v) is 6.54. The fourth-order valence-electron chi connectivity index (χ4n) is 2.90. The number of rotatable bonds is 4. The molecule has 3 aromatic heterocycles. The van der Waals surface area contributed by atoms with E-state index in [1.54, 1.807) is 29.2 Å². The van der Waals surface area contributed by atoms with E-state index in [1.165, 1.54) is 10.7 Å². The number of nitrogens with zero attached hydrogens (tertiary/aromatic N) is 6. The number of hydrogen-bond donors (Lipinski definition) is 1. The maximum Gasteiger partial charge on any atom is 0.267 e. The summed E-state index contributed by atoms with van der Waals surface area (Å²) in [7, 11) is 0. The van der Waals surface area contributed by atoms with Crippen LogP contribution in [-0.2, 0) is 0 Å². The zero-order valence-electron chi connectivity index (χ0n) is 15.5. The Morgan fingerprint density at radius 1 is 0.964 bits per heavy atom. The molecule has 0 saturated heterocycles. The lowest BCUT2D eigenvalue weighted by Gasteiger charge is -2.14. The van der Waals surface area contributed by atoms with E-state index in [9.17, 15) is 4.79 Å². The Balaban J connectivity index is 2.00. The Hall–Kier alpha value is -3.81. The van der Waals surface area contributed by atoms with E-state index in [2.05, 4.69) is 15.2 Å². The van der Waals surface area contributed by atoms with E-state index >= 15 is 0 Å². The Labute approximate surface area is 161 Å². The van der Waals surface area contributed by atoms with Gasteiger partial charge in [-0.05, 0) is 26.0 Å². The lowest BCUT2D eigenvalue weighted by atomic mass is 10.1. The van der Waals surface area contributed by atoms with Crippen molar-refractivity contribution in [2.75, 3.05) is 5.73 Å². The molecule has 3 heterocycles. The second-order valence-electron chi connectivity index (χ2n) is 6.54. The summed E-state index contributed by atoms with van der Waals surface area (Å²) in [5, 5.41) is 8.71. The SMILES string of the molecule is CC(C)n1nc(-c2nc(-n3cccn3)c(N)nc2-c2ccccc2)ccc1=O. The van der Waals surface area contributed by atoms with E-state index in [1.807, 2.05) is 44.2 Å². The molecule has 8 nitrogen and oxygen atoms in total. The molecule has 28 heavy (non-hydrogen) atoms. The van der Waals surface area contributed by atoms with Gasteiger partial charge in [0.25, 0.3) is 5.56 Å². The fourth-order valence-corrected chi connectivity index (χ4v) is 2.90. The van der Waals surface area contributed by atoms with Gasteiger partial charge >= 0.3 is 0 Å². The minimum Gasteiger partial charge on any atom is -0.381 e. The molecule has 0 aliphatic rings. The van der Waals surface area contributed by atoms with E-state index in [0.29, 0.717) is 22.9 Å². The number of nitrogens with two attached hydrogens (primary N) is 1. The predicted octanol–water partition coefficient (Wildman–Crippen LogP) is 2.72. The molecular weight excluding hydrogens is 354 g/mol. The van der Waals surface area contributed by atoms with Gasteiger partial charge in [0, 0.05) is 24.0 Å². The summed E-state index contributed by atoms with van der Waals surface area (Å²) in [6, 6.07) is 14.5. The topological polar surface area (TPSA) is 105 Å². The van der Waals surface area contributed by atoms with Crippen molar-refractivity contribution >= 4 is 5.82 Å². The molecule has 0 saturated carbocycles. The molecule has 0 amide bonds. The van der Waals surface area contributed by atoms with Crippen molar-refractivity contribution in [2.24, 2.45) is 0 Å². The molecule has 4 rings (SSSR count). The second kappa shape index (κ2) is 7.07. The van der Waals surface area contributed by atoms with Crippen LogP contribution in [0.5, 0.6) is 0 Å². The van der Waals surface area contributed by atoms with Gasteiger partial charge in [0.05, 0.1) is 6.04 Å². The molecule has 0 aliphatic heterocycles. The summed E-state index contributed by atoms with van der Waals surface area (Å²) in [6.07, 6.45) is 3.39. The van der Waals surface area contributed by atoms with Crippen LogP contribution < -0.4 is 11.3 Å². The van der Waals surface area contributed by atoms with E-state index in [0.717, 1.165) is 5.56 Å². The van der Waals surface area contributed by atoms with Crippen LogP contribution in [0.4, 0.5) is 5.82 Å². The average molecular weight is 373 g/mol. The van der Waals surface area contributed by atoms with Crippen LogP contribution >= 0.6 is 0 Å². The smallest absolute Gasteiger partial charge is 0.267 e. The van der Waals surface area contributed by atoms with Crippen molar-refractivity contribution in [3.63, 3.8) is 0 Å². The van der Waals surface area contributed by atoms with Crippen LogP contribution in [0.15, 0.2) is 65.7 Å². The molecule has 0 radical (unpaired) electrons. The highest BCUT2D eigenvalue weighted by Gasteiger charge is 2.18. The van der Waals surface area contributed by atoms with Crippen molar-refractivity contribution in [1.29, 1.82) is 0 Å². The number of nitrogen functional groups attached to an aromatic ring is 1. The maximum atomic E-state index is 12.1. The van der Waals surface area contributed by atoms with Gasteiger partial charge in [0.2, 0.25) is 0 Å². The highest BCUT2D eigenvalue weighted by molar-refractivity contribution is 5.78. The van der Waals surface area contributed by atoms with Crippen molar-refractivity contribution in [3.8, 4) is 28.5 Å². The summed E-state index contributed by atoms with van der Waals surface area (Å²) in [6.45, 7) is 3.81. The summed E-state index contributed by atoms with van der Waals surface area (Å²) in [5.41, 5.74) is 8.53. The molecule has 0 aliphatic carbocycles. The minimum absolute atomic E-state index is 0.0834. The number of benzene rings is 1. The zero-order valence-corrected chi connectivity index (χ0v) is 15.5. The largest absolute Gasteiger partial charge is 0.381 e. The van der Waals surface area contributed by atoms with Crippen molar-refractivity contribution in [2.45, 2.75) is 19.9 Å². The van der Waals surface area contributed by atoms with Crippen LogP contribution in [0.3, 0.4) is 0 Å². The van der Waals surface area contributed by atoms with Gasteiger partial charge in [0.15, 0.2) is 11.6 Å². The molecule has 8 heteroatoms. The van der Waals surface area contributed by atoms with Crippen molar-refractivity contribution in [1.82, 2.24) is 29.5 Å². The van der Waals surface area contributed by atoms with Gasteiger partial charge in [-0.15, -0.1) is 0 Å². The monoisotopic (exact) mass is 373 g/mol. The van der Waals surface area contributed by atoms with E-state index in [-0.39, 0.29) is 17.4 Å². The van der Waals surface area contributed by atoms with Gasteiger partial charge in [-0.1, -0.05) is 30.3 Å². The summed E-state index contributed by atoms with van der Waals surface area (Å²) < 4.78 is 2.98. The molecule has 0 fully saturated rings. The minimum atomic E-state index is -0.171. The summed E-state index contributed by atoms with van der Waals surface area (Å²) in [5.74, 6) is 0.660. The first-order chi connectivity index (χ1) is 13.5. The lowest BCUT2D eigenvalue weighted by Crippen LogP contribution is -2.24. The fraction of sp³-hybridized carbons (Fsp3) is 0.150. The third kappa shape index (κ3) is 3.16. The van der Waals surface area contributed by atoms with Gasteiger partial charge < -0.3 is 5.73 Å². The van der Waals surface area contributed by atoms with Crippen LogP contribution in [0.25, 0.3) is 28.5 Å². The maximum absolute atomic E-state index is 12.1. The summed E-state index contributed by atoms with van der Waals surface area (Å²) >= 11 is 0. The highest BCUT2D eigenvalue weighted by Crippen LogP contribution is 2.30. The first-order valence-corrected chi connectivity index (χ1v) is 8.88. The number of aromatic nitrogens is 6. The third-order valence-corrected chi connectivity index (χ3v) is 4.23. The molecule has 1 aromatic carbocycles. The molecule has 0 spiro atoms. The third-order valence-electron chi connectivity index (χ3n) is 4.23. The van der Waals surface area contributed by atoms with Gasteiger partial charge in [0.1, 0.15) is 17.1 Å². The Morgan fingerprint density at radius 3 is 2.43 bits per heavy atom. The molecule has 0 unspecified atom stereocenters. The molecule has 0 atom stereocenters. The molecule has 140 valence electrons.